The molecule has 0 radical (unpaired) electrons. The van der Waals surface area contributed by atoms with Crippen LogP contribution in [0.2, 0.25) is 5.02 Å². The first-order valence-electron chi connectivity index (χ1n) is 8.99. The zero-order valence-electron chi connectivity index (χ0n) is 14.4. The van der Waals surface area contributed by atoms with E-state index < -0.39 is 6.10 Å². The van der Waals surface area contributed by atoms with Gasteiger partial charge in [0.05, 0.1) is 19.3 Å². The van der Waals surface area contributed by atoms with E-state index in [4.69, 9.17) is 16.3 Å². The molecule has 2 unspecified atom stereocenters. The van der Waals surface area contributed by atoms with E-state index >= 15 is 0 Å². The average Bonchev–Trinajstić information content (AvgIpc) is 3.31. The van der Waals surface area contributed by atoms with Gasteiger partial charge in [-0.3, -0.25) is 0 Å². The van der Waals surface area contributed by atoms with Crippen molar-refractivity contribution in [3.63, 3.8) is 0 Å². The first-order chi connectivity index (χ1) is 12.2. The molecule has 1 aliphatic carbocycles. The van der Waals surface area contributed by atoms with Crippen LogP contribution in [0.15, 0.2) is 41.8 Å². The van der Waals surface area contributed by atoms with Gasteiger partial charge in [0.1, 0.15) is 0 Å². The van der Waals surface area contributed by atoms with E-state index in [1.54, 1.807) is 11.3 Å². The maximum atomic E-state index is 10.3. The second kappa shape index (κ2) is 9.70. The number of hydrogen-bond acceptors (Lipinski definition) is 4. The smallest absolute Gasteiger partial charge is 0.0898 e. The van der Waals surface area contributed by atoms with Crippen molar-refractivity contribution in [1.82, 2.24) is 5.32 Å². The number of nitrogens with one attached hydrogen (secondary N) is 1. The predicted molar refractivity (Wildman–Crippen MR) is 104 cm³/mol. The Morgan fingerprint density at radius 1 is 1.20 bits per heavy atom. The topological polar surface area (TPSA) is 41.5 Å². The van der Waals surface area contributed by atoms with Gasteiger partial charge in [0.25, 0.3) is 0 Å². The van der Waals surface area contributed by atoms with E-state index in [1.807, 2.05) is 24.3 Å². The van der Waals surface area contributed by atoms with Crippen LogP contribution in [0.25, 0.3) is 0 Å². The molecule has 5 heteroatoms. The summed E-state index contributed by atoms with van der Waals surface area (Å²) < 4.78 is 5.64. The molecule has 0 aliphatic heterocycles. The van der Waals surface area contributed by atoms with Gasteiger partial charge in [0.15, 0.2) is 0 Å². The minimum Gasteiger partial charge on any atom is -0.389 e. The molecule has 2 atom stereocenters. The summed E-state index contributed by atoms with van der Waals surface area (Å²) in [7, 11) is 0. The Hall–Kier alpha value is -0.910. The van der Waals surface area contributed by atoms with E-state index in [0.29, 0.717) is 31.7 Å². The molecular weight excluding hydrogens is 354 g/mol. The molecule has 0 spiro atoms. The van der Waals surface area contributed by atoms with Crippen molar-refractivity contribution < 1.29 is 9.84 Å². The molecule has 1 heterocycles. The predicted octanol–water partition coefficient (Wildman–Crippen LogP) is 4.80. The first kappa shape index (κ1) is 18.9. The second-order valence-corrected chi connectivity index (χ2v) is 8.16. The van der Waals surface area contributed by atoms with Gasteiger partial charge in [-0.15, -0.1) is 11.3 Å². The lowest BCUT2D eigenvalue weighted by Gasteiger charge is -2.25. The molecule has 25 heavy (non-hydrogen) atoms. The Balaban J connectivity index is 1.43. The van der Waals surface area contributed by atoms with Crippen LogP contribution in [0, 0.1) is 5.92 Å². The van der Waals surface area contributed by atoms with Crippen LogP contribution in [0.4, 0.5) is 0 Å². The van der Waals surface area contributed by atoms with Crippen molar-refractivity contribution in [2.24, 2.45) is 5.92 Å². The Labute approximate surface area is 159 Å². The third kappa shape index (κ3) is 5.80. The second-order valence-electron chi connectivity index (χ2n) is 6.74. The van der Waals surface area contributed by atoms with Crippen LogP contribution < -0.4 is 5.32 Å². The number of hydrogen-bond donors (Lipinski definition) is 2. The van der Waals surface area contributed by atoms with Gasteiger partial charge in [0, 0.05) is 22.5 Å². The van der Waals surface area contributed by atoms with Gasteiger partial charge in [-0.2, -0.15) is 0 Å². The normalized spacial score (nSPS) is 17.7. The number of ether oxygens (including phenoxy) is 1. The number of benzene rings is 1. The number of halogens is 1. The van der Waals surface area contributed by atoms with Gasteiger partial charge in [-0.05, 0) is 47.9 Å². The zero-order valence-corrected chi connectivity index (χ0v) is 15.9. The van der Waals surface area contributed by atoms with Gasteiger partial charge < -0.3 is 15.2 Å². The summed E-state index contributed by atoms with van der Waals surface area (Å²) in [5.41, 5.74) is 1.06. The highest BCUT2D eigenvalue weighted by atomic mass is 35.5. The maximum absolute atomic E-state index is 10.3. The fraction of sp³-hybridized carbons (Fsp3) is 0.500. The summed E-state index contributed by atoms with van der Waals surface area (Å²) in [4.78, 5) is 1.38. The minimum atomic E-state index is -0.504. The summed E-state index contributed by atoms with van der Waals surface area (Å²) in [6, 6.07) is 12.3. The van der Waals surface area contributed by atoms with Crippen LogP contribution in [-0.4, -0.2) is 24.4 Å². The minimum absolute atomic E-state index is 0.331. The molecule has 136 valence electrons. The third-order valence-electron chi connectivity index (χ3n) is 4.79. The number of aliphatic hydroxyl groups is 1. The Bertz CT molecular complexity index is 611. The van der Waals surface area contributed by atoms with Crippen molar-refractivity contribution in [2.75, 3.05) is 13.2 Å². The van der Waals surface area contributed by atoms with Crippen LogP contribution in [0.1, 0.15) is 42.2 Å². The van der Waals surface area contributed by atoms with Crippen molar-refractivity contribution in [3.8, 4) is 0 Å². The average molecular weight is 380 g/mol. The SMILES string of the molecule is OC(CNC(c1cccs1)C1CCCC1)COCc1ccc(Cl)cc1. The molecule has 1 aromatic carbocycles. The molecule has 3 rings (SSSR count). The lowest BCUT2D eigenvalue weighted by atomic mass is 9.96. The summed E-state index contributed by atoms with van der Waals surface area (Å²) in [5.74, 6) is 0.681. The van der Waals surface area contributed by atoms with Crippen LogP contribution in [0.3, 0.4) is 0 Å². The summed E-state index contributed by atoms with van der Waals surface area (Å²) in [6.45, 7) is 1.38. The van der Waals surface area contributed by atoms with Gasteiger partial charge in [-0.25, -0.2) is 0 Å². The largest absolute Gasteiger partial charge is 0.389 e. The fourth-order valence-electron chi connectivity index (χ4n) is 3.47. The van der Waals surface area contributed by atoms with E-state index in [9.17, 15) is 5.11 Å². The quantitative estimate of drug-likeness (QED) is 0.657. The summed E-state index contributed by atoms with van der Waals surface area (Å²) in [5, 5.41) is 16.7. The number of aliphatic hydroxyl groups excluding tert-OH is 1. The highest BCUT2D eigenvalue weighted by Gasteiger charge is 2.27. The highest BCUT2D eigenvalue weighted by Crippen LogP contribution is 2.37. The molecule has 0 saturated heterocycles. The molecule has 2 aromatic rings. The molecule has 3 nitrogen and oxygen atoms in total. The number of thiophene rings is 1. The van der Waals surface area contributed by atoms with E-state index in [-0.39, 0.29) is 0 Å². The molecular formula is C20H26ClNO2S. The standard InChI is InChI=1S/C20H26ClNO2S/c21-17-9-7-15(8-10-17)13-24-14-18(23)12-22-20(16-4-1-2-5-16)19-6-3-11-25-19/h3,6-11,16,18,20,22-23H,1-2,4-5,12-14H2. The van der Waals surface area contributed by atoms with Gasteiger partial charge in [-0.1, -0.05) is 42.6 Å². The van der Waals surface area contributed by atoms with Crippen molar-refractivity contribution in [3.05, 3.63) is 57.2 Å². The highest BCUT2D eigenvalue weighted by molar-refractivity contribution is 7.10. The third-order valence-corrected chi connectivity index (χ3v) is 5.99. The number of rotatable bonds is 9. The van der Waals surface area contributed by atoms with Crippen molar-refractivity contribution in [2.45, 2.75) is 44.4 Å². The molecule has 1 aromatic heterocycles. The molecule has 0 bridgehead atoms. The Morgan fingerprint density at radius 2 is 1.96 bits per heavy atom. The fourth-order valence-corrected chi connectivity index (χ4v) is 4.49. The summed E-state index contributed by atoms with van der Waals surface area (Å²) in [6.07, 6.45) is 4.69. The maximum Gasteiger partial charge on any atom is 0.0898 e. The van der Waals surface area contributed by atoms with Gasteiger partial charge in [0.2, 0.25) is 0 Å². The molecule has 1 fully saturated rings. The summed E-state index contributed by atoms with van der Waals surface area (Å²) >= 11 is 7.67. The van der Waals surface area contributed by atoms with E-state index in [2.05, 4.69) is 22.8 Å². The Morgan fingerprint density at radius 3 is 2.64 bits per heavy atom. The lowest BCUT2D eigenvalue weighted by molar-refractivity contribution is 0.0267. The molecule has 0 amide bonds. The van der Waals surface area contributed by atoms with E-state index in [0.717, 1.165) is 10.6 Å². The molecule has 1 saturated carbocycles. The zero-order chi connectivity index (χ0) is 17.5. The van der Waals surface area contributed by atoms with Crippen LogP contribution in [0.5, 0.6) is 0 Å². The van der Waals surface area contributed by atoms with Gasteiger partial charge >= 0.3 is 0 Å². The molecule has 2 N–H and O–H groups in total. The van der Waals surface area contributed by atoms with Crippen LogP contribution >= 0.6 is 22.9 Å². The molecule has 1 aliphatic rings. The van der Waals surface area contributed by atoms with Crippen LogP contribution in [-0.2, 0) is 11.3 Å². The van der Waals surface area contributed by atoms with Crippen molar-refractivity contribution >= 4 is 22.9 Å². The Kier molecular flexibility index (Phi) is 7.32. The first-order valence-corrected chi connectivity index (χ1v) is 10.2. The monoisotopic (exact) mass is 379 g/mol. The van der Waals surface area contributed by atoms with E-state index in [1.165, 1.54) is 30.6 Å². The van der Waals surface area contributed by atoms with Crippen molar-refractivity contribution in [1.29, 1.82) is 0 Å². The lowest BCUT2D eigenvalue weighted by Crippen LogP contribution is -2.35.